The van der Waals surface area contributed by atoms with Crippen molar-refractivity contribution in [3.05, 3.63) is 41.7 Å². The molecule has 0 N–H and O–H groups in total. The van der Waals surface area contributed by atoms with Crippen LogP contribution in [0.1, 0.15) is 29.5 Å². The molecule has 1 amide bonds. The molecule has 23 heavy (non-hydrogen) atoms. The lowest BCUT2D eigenvalue weighted by Crippen LogP contribution is -2.28. The molecule has 5 nitrogen and oxygen atoms in total. The van der Waals surface area contributed by atoms with Gasteiger partial charge in [-0.15, -0.1) is 10.2 Å². The Kier molecular flexibility index (Phi) is 5.00. The maximum absolute atomic E-state index is 12.5. The monoisotopic (exact) mass is 330 g/mol. The first-order valence-electron chi connectivity index (χ1n) is 8.06. The highest BCUT2D eigenvalue weighted by Gasteiger charge is 2.27. The number of hydrogen-bond donors (Lipinski definition) is 0. The Balaban J connectivity index is 1.55. The molecule has 1 atom stereocenters. The Morgan fingerprint density at radius 3 is 2.83 bits per heavy atom. The summed E-state index contributed by atoms with van der Waals surface area (Å²) < 4.78 is 2.13. The SMILES string of the molecule is CCn1c(C)nnc1SC[C@H]1CCN(C(=O)c2ccccc2)C1. The van der Waals surface area contributed by atoms with E-state index < -0.39 is 0 Å². The van der Waals surface area contributed by atoms with Crippen LogP contribution in [0.5, 0.6) is 0 Å². The zero-order valence-electron chi connectivity index (χ0n) is 13.6. The minimum atomic E-state index is 0.144. The summed E-state index contributed by atoms with van der Waals surface area (Å²) in [7, 11) is 0. The molecule has 2 heterocycles. The summed E-state index contributed by atoms with van der Waals surface area (Å²) in [5, 5.41) is 9.37. The number of nitrogens with zero attached hydrogens (tertiary/aromatic N) is 4. The van der Waals surface area contributed by atoms with Gasteiger partial charge in [-0.25, -0.2) is 0 Å². The fourth-order valence-corrected chi connectivity index (χ4v) is 4.11. The standard InChI is InChI=1S/C17H22N4OS/c1-3-21-13(2)18-19-17(21)23-12-14-9-10-20(11-14)16(22)15-7-5-4-6-8-15/h4-8,14H,3,9-12H2,1-2H3/t14-/m0/s1. The molecule has 0 saturated carbocycles. The van der Waals surface area contributed by atoms with Crippen LogP contribution >= 0.6 is 11.8 Å². The van der Waals surface area contributed by atoms with Crippen LogP contribution in [0.4, 0.5) is 0 Å². The van der Waals surface area contributed by atoms with Gasteiger partial charge in [0.1, 0.15) is 5.82 Å². The second kappa shape index (κ2) is 7.17. The number of likely N-dealkylation sites (tertiary alicyclic amines) is 1. The van der Waals surface area contributed by atoms with Crippen molar-refractivity contribution in [1.82, 2.24) is 19.7 Å². The summed E-state index contributed by atoms with van der Waals surface area (Å²) in [4.78, 5) is 14.4. The predicted molar refractivity (Wildman–Crippen MR) is 91.6 cm³/mol. The van der Waals surface area contributed by atoms with E-state index in [2.05, 4.69) is 21.7 Å². The molecule has 0 unspecified atom stereocenters. The lowest BCUT2D eigenvalue weighted by atomic mass is 10.1. The largest absolute Gasteiger partial charge is 0.338 e. The van der Waals surface area contributed by atoms with Gasteiger partial charge in [0.05, 0.1) is 0 Å². The van der Waals surface area contributed by atoms with Gasteiger partial charge >= 0.3 is 0 Å². The molecule has 122 valence electrons. The van der Waals surface area contributed by atoms with E-state index in [-0.39, 0.29) is 5.91 Å². The van der Waals surface area contributed by atoms with Crippen molar-refractivity contribution in [1.29, 1.82) is 0 Å². The van der Waals surface area contributed by atoms with Crippen molar-refractivity contribution >= 4 is 17.7 Å². The number of hydrogen-bond acceptors (Lipinski definition) is 4. The van der Waals surface area contributed by atoms with Crippen molar-refractivity contribution in [2.75, 3.05) is 18.8 Å². The zero-order chi connectivity index (χ0) is 16.2. The third-order valence-electron chi connectivity index (χ3n) is 4.26. The summed E-state index contributed by atoms with van der Waals surface area (Å²) in [6.45, 7) is 6.66. The molecular formula is C17H22N4OS. The number of benzene rings is 1. The minimum Gasteiger partial charge on any atom is -0.338 e. The number of amides is 1. The van der Waals surface area contributed by atoms with E-state index in [1.165, 1.54) is 0 Å². The van der Waals surface area contributed by atoms with E-state index >= 15 is 0 Å². The van der Waals surface area contributed by atoms with Gasteiger partial charge in [-0.3, -0.25) is 4.79 Å². The molecule has 3 rings (SSSR count). The van der Waals surface area contributed by atoms with Crippen LogP contribution in [0.25, 0.3) is 0 Å². The fourth-order valence-electron chi connectivity index (χ4n) is 2.94. The molecule has 1 aliphatic heterocycles. The normalized spacial score (nSPS) is 17.7. The molecule has 0 bridgehead atoms. The molecule has 0 aliphatic carbocycles. The molecule has 2 aromatic rings. The number of rotatable bonds is 5. The van der Waals surface area contributed by atoms with Crippen LogP contribution in [-0.2, 0) is 6.54 Å². The quantitative estimate of drug-likeness (QED) is 0.791. The fraction of sp³-hybridized carbons (Fsp3) is 0.471. The van der Waals surface area contributed by atoms with E-state index in [4.69, 9.17) is 0 Å². The molecule has 0 radical (unpaired) electrons. The molecule has 6 heteroatoms. The average Bonchev–Trinajstić information content (AvgIpc) is 3.19. The maximum Gasteiger partial charge on any atom is 0.253 e. The van der Waals surface area contributed by atoms with E-state index in [1.54, 1.807) is 11.8 Å². The van der Waals surface area contributed by atoms with E-state index in [1.807, 2.05) is 42.2 Å². The molecule has 1 aromatic heterocycles. The topological polar surface area (TPSA) is 51.0 Å². The maximum atomic E-state index is 12.5. The molecule has 1 aromatic carbocycles. The molecule has 1 saturated heterocycles. The van der Waals surface area contributed by atoms with Crippen LogP contribution in [0.15, 0.2) is 35.5 Å². The van der Waals surface area contributed by atoms with Crippen molar-refractivity contribution in [2.45, 2.75) is 32.0 Å². The van der Waals surface area contributed by atoms with Gasteiger partial charge in [-0.1, -0.05) is 30.0 Å². The molecule has 0 spiro atoms. The first kappa shape index (κ1) is 16.1. The number of aryl methyl sites for hydroxylation is 1. The first-order chi connectivity index (χ1) is 11.2. The third kappa shape index (κ3) is 3.58. The third-order valence-corrected chi connectivity index (χ3v) is 5.46. The van der Waals surface area contributed by atoms with Gasteiger partial charge < -0.3 is 9.47 Å². The second-order valence-corrected chi connectivity index (χ2v) is 6.84. The van der Waals surface area contributed by atoms with Gasteiger partial charge in [0.15, 0.2) is 5.16 Å². The van der Waals surface area contributed by atoms with Crippen LogP contribution in [0.3, 0.4) is 0 Å². The summed E-state index contributed by atoms with van der Waals surface area (Å²) in [6.07, 6.45) is 1.06. The van der Waals surface area contributed by atoms with Crippen LogP contribution in [0.2, 0.25) is 0 Å². The van der Waals surface area contributed by atoms with Crippen molar-refractivity contribution in [3.8, 4) is 0 Å². The molecule has 1 aliphatic rings. The smallest absolute Gasteiger partial charge is 0.253 e. The summed E-state index contributed by atoms with van der Waals surface area (Å²) in [5.74, 6) is 2.61. The van der Waals surface area contributed by atoms with E-state index in [0.717, 1.165) is 48.4 Å². The van der Waals surface area contributed by atoms with Gasteiger partial charge in [0.2, 0.25) is 0 Å². The Bertz CT molecular complexity index is 670. The van der Waals surface area contributed by atoms with Crippen molar-refractivity contribution < 1.29 is 4.79 Å². The number of carbonyl (C=O) groups excluding carboxylic acids is 1. The van der Waals surface area contributed by atoms with Gasteiger partial charge in [0, 0.05) is 31.0 Å². The number of carbonyl (C=O) groups is 1. The average molecular weight is 330 g/mol. The van der Waals surface area contributed by atoms with Crippen LogP contribution < -0.4 is 0 Å². The number of aromatic nitrogens is 3. The lowest BCUT2D eigenvalue weighted by Gasteiger charge is -2.16. The van der Waals surface area contributed by atoms with Crippen LogP contribution in [0, 0.1) is 12.8 Å². The Labute approximate surface area is 141 Å². The van der Waals surface area contributed by atoms with Crippen LogP contribution in [-0.4, -0.2) is 44.4 Å². The minimum absolute atomic E-state index is 0.144. The molecule has 1 fully saturated rings. The van der Waals surface area contributed by atoms with Crippen molar-refractivity contribution in [2.24, 2.45) is 5.92 Å². The summed E-state index contributed by atoms with van der Waals surface area (Å²) in [5.41, 5.74) is 0.780. The highest BCUT2D eigenvalue weighted by molar-refractivity contribution is 7.99. The highest BCUT2D eigenvalue weighted by atomic mass is 32.2. The van der Waals surface area contributed by atoms with Gasteiger partial charge in [-0.2, -0.15) is 0 Å². The van der Waals surface area contributed by atoms with E-state index in [0.29, 0.717) is 5.92 Å². The lowest BCUT2D eigenvalue weighted by molar-refractivity contribution is 0.0788. The number of thioether (sulfide) groups is 1. The van der Waals surface area contributed by atoms with Gasteiger partial charge in [-0.05, 0) is 38.3 Å². The van der Waals surface area contributed by atoms with Crippen molar-refractivity contribution in [3.63, 3.8) is 0 Å². The Morgan fingerprint density at radius 2 is 2.09 bits per heavy atom. The zero-order valence-corrected chi connectivity index (χ0v) is 14.4. The summed E-state index contributed by atoms with van der Waals surface area (Å²) in [6, 6.07) is 9.53. The Hall–Kier alpha value is -1.82. The van der Waals surface area contributed by atoms with E-state index in [9.17, 15) is 4.79 Å². The predicted octanol–water partition coefficient (Wildman–Crippen LogP) is 2.86. The first-order valence-corrected chi connectivity index (χ1v) is 9.04. The second-order valence-electron chi connectivity index (χ2n) is 5.86. The summed E-state index contributed by atoms with van der Waals surface area (Å²) >= 11 is 1.75. The Morgan fingerprint density at radius 1 is 1.30 bits per heavy atom. The molecular weight excluding hydrogens is 308 g/mol. The highest BCUT2D eigenvalue weighted by Crippen LogP contribution is 2.26. The van der Waals surface area contributed by atoms with Gasteiger partial charge in [0.25, 0.3) is 5.91 Å².